The highest BCUT2D eigenvalue weighted by Crippen LogP contribution is 2.50. The fourth-order valence-corrected chi connectivity index (χ4v) is 2.46. The summed E-state index contributed by atoms with van der Waals surface area (Å²) < 4.78 is 0. The van der Waals surface area contributed by atoms with Crippen LogP contribution in [0.2, 0.25) is 0 Å². The highest BCUT2D eigenvalue weighted by molar-refractivity contribution is 5.95. The van der Waals surface area contributed by atoms with Gasteiger partial charge >= 0.3 is 0 Å². The Morgan fingerprint density at radius 3 is 2.75 bits per heavy atom. The molecule has 1 nitrogen and oxygen atoms in total. The summed E-state index contributed by atoms with van der Waals surface area (Å²) in [6.07, 6.45) is 12.5. The molecular formula is C11H10O. The van der Waals surface area contributed by atoms with Crippen LogP contribution in [0.4, 0.5) is 0 Å². The maximum Gasteiger partial charge on any atom is 0.157 e. The molecule has 4 aliphatic carbocycles. The van der Waals surface area contributed by atoms with E-state index in [0.29, 0.717) is 18.1 Å². The van der Waals surface area contributed by atoms with Crippen molar-refractivity contribution in [1.82, 2.24) is 0 Å². The second-order valence-corrected chi connectivity index (χ2v) is 3.94. The van der Waals surface area contributed by atoms with Crippen molar-refractivity contribution >= 4 is 5.78 Å². The number of carbonyl (C=O) groups excluding carboxylic acids is 1. The molecule has 0 heterocycles. The van der Waals surface area contributed by atoms with E-state index in [2.05, 4.69) is 24.3 Å². The Kier molecular flexibility index (Phi) is 0.957. The van der Waals surface area contributed by atoms with Gasteiger partial charge in [-0.2, -0.15) is 0 Å². The van der Waals surface area contributed by atoms with Crippen molar-refractivity contribution in [3.63, 3.8) is 0 Å². The molecule has 2 bridgehead atoms. The number of ketones is 1. The van der Waals surface area contributed by atoms with Crippen LogP contribution in [0.25, 0.3) is 0 Å². The summed E-state index contributed by atoms with van der Waals surface area (Å²) in [7, 11) is 0. The lowest BCUT2D eigenvalue weighted by Crippen LogP contribution is -2.25. The van der Waals surface area contributed by atoms with Gasteiger partial charge in [0.25, 0.3) is 0 Å². The van der Waals surface area contributed by atoms with Crippen LogP contribution in [0.3, 0.4) is 0 Å². The molecule has 4 rings (SSSR count). The van der Waals surface area contributed by atoms with Crippen LogP contribution in [0, 0.1) is 11.3 Å². The van der Waals surface area contributed by atoms with Crippen molar-refractivity contribution in [1.29, 1.82) is 0 Å². The first-order valence-electron chi connectivity index (χ1n) is 4.41. The van der Waals surface area contributed by atoms with Crippen molar-refractivity contribution in [2.45, 2.75) is 12.8 Å². The predicted molar refractivity (Wildman–Crippen MR) is 46.5 cm³/mol. The summed E-state index contributed by atoms with van der Waals surface area (Å²) in [4.78, 5) is 11.2. The van der Waals surface area contributed by atoms with Gasteiger partial charge in [0.05, 0.1) is 0 Å². The van der Waals surface area contributed by atoms with Crippen LogP contribution in [-0.4, -0.2) is 5.78 Å². The Morgan fingerprint density at radius 2 is 2.08 bits per heavy atom. The number of hydrogen-bond donors (Lipinski definition) is 0. The van der Waals surface area contributed by atoms with E-state index in [-0.39, 0.29) is 5.41 Å². The van der Waals surface area contributed by atoms with Gasteiger partial charge in [-0.15, -0.1) is 0 Å². The van der Waals surface area contributed by atoms with Crippen LogP contribution in [0.1, 0.15) is 12.8 Å². The topological polar surface area (TPSA) is 17.1 Å². The first-order valence-corrected chi connectivity index (χ1v) is 4.41. The molecule has 0 atom stereocenters. The second kappa shape index (κ2) is 1.79. The molecule has 1 heteroatoms. The van der Waals surface area contributed by atoms with Crippen LogP contribution in [0.5, 0.6) is 0 Å². The quantitative estimate of drug-likeness (QED) is 0.493. The van der Waals surface area contributed by atoms with Crippen molar-refractivity contribution in [3.05, 3.63) is 36.0 Å². The summed E-state index contributed by atoms with van der Waals surface area (Å²) in [5.41, 5.74) is 1.36. The molecule has 60 valence electrons. The lowest BCUT2D eigenvalue weighted by molar-refractivity contribution is -0.114. The van der Waals surface area contributed by atoms with Gasteiger partial charge in [-0.25, -0.2) is 0 Å². The molecule has 0 amide bonds. The molecule has 1 spiro atoms. The van der Waals surface area contributed by atoms with Gasteiger partial charge < -0.3 is 0 Å². The smallest absolute Gasteiger partial charge is 0.157 e. The largest absolute Gasteiger partial charge is 0.295 e. The van der Waals surface area contributed by atoms with Gasteiger partial charge in [0.15, 0.2) is 5.78 Å². The van der Waals surface area contributed by atoms with Crippen molar-refractivity contribution < 1.29 is 4.79 Å². The molecule has 0 N–H and O–H groups in total. The number of hydrogen-bond acceptors (Lipinski definition) is 1. The monoisotopic (exact) mass is 158 g/mol. The van der Waals surface area contributed by atoms with E-state index < -0.39 is 0 Å². The van der Waals surface area contributed by atoms with Crippen LogP contribution < -0.4 is 0 Å². The van der Waals surface area contributed by atoms with Crippen LogP contribution >= 0.6 is 0 Å². The maximum absolute atomic E-state index is 11.2. The van der Waals surface area contributed by atoms with E-state index in [9.17, 15) is 4.79 Å². The van der Waals surface area contributed by atoms with Gasteiger partial charge in [0, 0.05) is 11.8 Å². The minimum atomic E-state index is 0.0197. The average Bonchev–Trinajstić information content (AvgIpc) is 2.39. The second-order valence-electron chi connectivity index (χ2n) is 3.94. The van der Waals surface area contributed by atoms with Crippen LogP contribution in [-0.2, 0) is 4.79 Å². The van der Waals surface area contributed by atoms with Gasteiger partial charge in [0.2, 0.25) is 0 Å². The van der Waals surface area contributed by atoms with Crippen molar-refractivity contribution in [2.75, 3.05) is 0 Å². The van der Waals surface area contributed by atoms with Gasteiger partial charge in [-0.05, 0) is 18.4 Å². The average molecular weight is 158 g/mol. The van der Waals surface area contributed by atoms with Gasteiger partial charge in [0.1, 0.15) is 0 Å². The zero-order valence-electron chi connectivity index (χ0n) is 6.79. The lowest BCUT2D eigenvalue weighted by Gasteiger charge is -2.35. The molecule has 4 aliphatic rings. The maximum atomic E-state index is 11.2. The first kappa shape index (κ1) is 6.41. The first-order chi connectivity index (χ1) is 5.78. The van der Waals surface area contributed by atoms with Crippen molar-refractivity contribution in [3.8, 4) is 0 Å². The number of rotatable bonds is 0. The van der Waals surface area contributed by atoms with E-state index in [1.54, 1.807) is 0 Å². The zero-order chi connectivity index (χ0) is 8.18. The molecule has 0 aromatic heterocycles. The number of allylic oxidation sites excluding steroid dienone is 6. The fraction of sp³-hybridized carbons (Fsp3) is 0.364. The van der Waals surface area contributed by atoms with E-state index in [4.69, 9.17) is 0 Å². The standard InChI is InChI=1S/C11H10O/c12-10-6-9-5-8-1-3-11(9,7-10)4-2-8/h1-4,6,8H,5,7H2. The summed E-state index contributed by atoms with van der Waals surface area (Å²) in [6, 6.07) is 0. The molecule has 0 aliphatic heterocycles. The van der Waals surface area contributed by atoms with Gasteiger partial charge in [-0.1, -0.05) is 29.9 Å². The summed E-state index contributed by atoms with van der Waals surface area (Å²) in [5, 5.41) is 0. The summed E-state index contributed by atoms with van der Waals surface area (Å²) in [6.45, 7) is 0. The third kappa shape index (κ3) is 0.619. The summed E-state index contributed by atoms with van der Waals surface area (Å²) >= 11 is 0. The predicted octanol–water partition coefficient (Wildman–Crippen LogP) is 2.02. The Bertz CT molecular complexity index is 330. The molecular weight excluding hydrogens is 148 g/mol. The van der Waals surface area contributed by atoms with E-state index in [1.807, 2.05) is 6.08 Å². The third-order valence-corrected chi connectivity index (χ3v) is 3.14. The molecule has 0 aromatic carbocycles. The normalized spacial score (nSPS) is 41.8. The minimum Gasteiger partial charge on any atom is -0.295 e. The van der Waals surface area contributed by atoms with Gasteiger partial charge in [-0.3, -0.25) is 4.79 Å². The number of carbonyl (C=O) groups is 1. The Balaban J connectivity index is 2.21. The highest BCUT2D eigenvalue weighted by Gasteiger charge is 2.41. The third-order valence-electron chi connectivity index (χ3n) is 3.14. The fourth-order valence-electron chi connectivity index (χ4n) is 2.46. The van der Waals surface area contributed by atoms with Crippen molar-refractivity contribution in [2.24, 2.45) is 11.3 Å². The molecule has 0 saturated carbocycles. The minimum absolute atomic E-state index is 0.0197. The summed E-state index contributed by atoms with van der Waals surface area (Å²) in [5.74, 6) is 0.853. The molecule has 0 radical (unpaired) electrons. The Morgan fingerprint density at radius 1 is 1.33 bits per heavy atom. The van der Waals surface area contributed by atoms with Crippen LogP contribution in [0.15, 0.2) is 36.0 Å². The molecule has 0 unspecified atom stereocenters. The van der Waals surface area contributed by atoms with E-state index in [1.165, 1.54) is 5.57 Å². The molecule has 0 fully saturated rings. The Hall–Kier alpha value is -1.11. The SMILES string of the molecule is O=C1C=C2CC3C=CC2(C=C3)C1. The Labute approximate surface area is 71.5 Å². The van der Waals surface area contributed by atoms with E-state index >= 15 is 0 Å². The lowest BCUT2D eigenvalue weighted by atomic mass is 9.68. The molecule has 12 heavy (non-hydrogen) atoms. The zero-order valence-corrected chi connectivity index (χ0v) is 6.79. The van der Waals surface area contributed by atoms with E-state index in [0.717, 1.165) is 6.42 Å². The molecule has 0 saturated heterocycles. The molecule has 0 aromatic rings. The highest BCUT2D eigenvalue weighted by atomic mass is 16.1.